The van der Waals surface area contributed by atoms with Crippen LogP contribution in [0.25, 0.3) is 22.2 Å². The molecule has 0 unspecified atom stereocenters. The Balaban J connectivity index is 2.23. The highest BCUT2D eigenvalue weighted by molar-refractivity contribution is 6.02. The second-order valence-electron chi connectivity index (χ2n) is 6.77. The number of hydrogen-bond donors (Lipinski definition) is 5. The molecule has 29 heavy (non-hydrogen) atoms. The molecule has 0 bridgehead atoms. The van der Waals surface area contributed by atoms with E-state index in [1.165, 1.54) is 0 Å². The molecule has 150 valence electrons. The zero-order valence-electron chi connectivity index (χ0n) is 16.6. The molecule has 3 aromatic rings. The fourth-order valence-corrected chi connectivity index (χ4v) is 3.49. The van der Waals surface area contributed by atoms with Crippen molar-refractivity contribution in [2.45, 2.75) is 26.7 Å². The Morgan fingerprint density at radius 3 is 2.31 bits per heavy atom. The number of nitrogens with one attached hydrogen (secondary N) is 3. The van der Waals surface area contributed by atoms with E-state index in [4.69, 9.17) is 27.0 Å². The molecular formula is C22H25N5O2. The molecule has 1 heterocycles. The number of nitrogens with two attached hydrogens (primary N) is 2. The predicted octanol–water partition coefficient (Wildman–Crippen LogP) is 3.07. The molecule has 7 heteroatoms. The second kappa shape index (κ2) is 8.18. The number of carbonyl (C=O) groups excluding carboxylic acids is 1. The van der Waals surface area contributed by atoms with Crippen LogP contribution in [0.1, 0.15) is 36.1 Å². The summed E-state index contributed by atoms with van der Waals surface area (Å²) in [7, 11) is 0. The van der Waals surface area contributed by atoms with Crippen molar-refractivity contribution in [2.75, 3.05) is 6.61 Å². The zero-order chi connectivity index (χ0) is 21.1. The molecule has 0 amide bonds. The normalized spacial score (nSPS) is 10.8. The molecule has 0 saturated heterocycles. The summed E-state index contributed by atoms with van der Waals surface area (Å²) in [6, 6.07) is 11.1. The molecule has 0 saturated carbocycles. The summed E-state index contributed by atoms with van der Waals surface area (Å²) in [5.74, 6) is -0.306. The molecule has 0 aliphatic heterocycles. The first-order valence-corrected chi connectivity index (χ1v) is 9.48. The van der Waals surface area contributed by atoms with Crippen molar-refractivity contribution < 1.29 is 9.53 Å². The molecule has 2 aromatic carbocycles. The molecule has 7 nitrogen and oxygen atoms in total. The van der Waals surface area contributed by atoms with E-state index in [0.717, 1.165) is 39.7 Å². The number of rotatable bonds is 7. The van der Waals surface area contributed by atoms with Gasteiger partial charge in [0.2, 0.25) is 0 Å². The van der Waals surface area contributed by atoms with Gasteiger partial charge in [-0.3, -0.25) is 15.6 Å². The van der Waals surface area contributed by atoms with E-state index in [0.29, 0.717) is 17.7 Å². The average molecular weight is 391 g/mol. The number of ether oxygens (including phenoxy) is 1. The number of H-pyrrole nitrogens is 1. The molecule has 0 spiro atoms. The maximum Gasteiger partial charge on any atom is 0.310 e. The van der Waals surface area contributed by atoms with Crippen LogP contribution in [0.4, 0.5) is 0 Å². The van der Waals surface area contributed by atoms with Crippen LogP contribution < -0.4 is 11.5 Å². The van der Waals surface area contributed by atoms with Gasteiger partial charge in [-0.25, -0.2) is 0 Å². The second-order valence-corrected chi connectivity index (χ2v) is 6.77. The number of hydrogen-bond acceptors (Lipinski definition) is 4. The van der Waals surface area contributed by atoms with Gasteiger partial charge in [-0.1, -0.05) is 31.2 Å². The number of aryl methyl sites for hydroxylation is 1. The standard InChI is InChI=1S/C22H25N5O2/c1-3-12-9-13(21(23)24)5-7-15(12)20-17(11-19(28)29-4-2)16-8-6-14(22(25)26)10-18(16)27-20/h5-10,27H,3-4,11H2,1-2H3,(H3,23,24)(H3,25,26). The van der Waals surface area contributed by atoms with Gasteiger partial charge in [0.25, 0.3) is 0 Å². The number of benzene rings is 2. The number of esters is 1. The van der Waals surface area contributed by atoms with Crippen LogP contribution in [0.2, 0.25) is 0 Å². The lowest BCUT2D eigenvalue weighted by atomic mass is 9.95. The van der Waals surface area contributed by atoms with E-state index in [1.807, 2.05) is 31.2 Å². The van der Waals surface area contributed by atoms with Crippen molar-refractivity contribution in [3.8, 4) is 11.3 Å². The summed E-state index contributed by atoms with van der Waals surface area (Å²) in [4.78, 5) is 15.7. The minimum atomic E-state index is -0.302. The molecule has 0 aliphatic carbocycles. The number of carbonyl (C=O) groups is 1. The Labute approximate surface area is 169 Å². The lowest BCUT2D eigenvalue weighted by molar-refractivity contribution is -0.142. The van der Waals surface area contributed by atoms with Crippen molar-refractivity contribution in [2.24, 2.45) is 11.5 Å². The Bertz CT molecular complexity index is 1110. The number of fused-ring (bicyclic) bond motifs is 1. The van der Waals surface area contributed by atoms with E-state index in [2.05, 4.69) is 4.98 Å². The lowest BCUT2D eigenvalue weighted by Gasteiger charge is -2.11. The first-order chi connectivity index (χ1) is 13.8. The highest BCUT2D eigenvalue weighted by Crippen LogP contribution is 2.34. The van der Waals surface area contributed by atoms with Crippen molar-refractivity contribution in [1.82, 2.24) is 4.98 Å². The minimum absolute atomic E-state index is 0.0146. The van der Waals surface area contributed by atoms with Crippen molar-refractivity contribution in [3.63, 3.8) is 0 Å². The van der Waals surface area contributed by atoms with E-state index in [9.17, 15) is 4.79 Å². The van der Waals surface area contributed by atoms with Gasteiger partial charge in [0.1, 0.15) is 11.7 Å². The van der Waals surface area contributed by atoms with Crippen LogP contribution >= 0.6 is 0 Å². The van der Waals surface area contributed by atoms with Gasteiger partial charge in [-0.05, 0) is 36.6 Å². The zero-order valence-corrected chi connectivity index (χ0v) is 16.6. The molecule has 0 fully saturated rings. The monoisotopic (exact) mass is 391 g/mol. The lowest BCUT2D eigenvalue weighted by Crippen LogP contribution is -2.11. The summed E-state index contributed by atoms with van der Waals surface area (Å²) in [6.45, 7) is 4.13. The van der Waals surface area contributed by atoms with Crippen LogP contribution in [0.3, 0.4) is 0 Å². The number of aromatic nitrogens is 1. The molecular weight excluding hydrogens is 366 g/mol. The Morgan fingerprint density at radius 2 is 1.69 bits per heavy atom. The van der Waals surface area contributed by atoms with Crippen molar-refractivity contribution in [3.05, 3.63) is 58.7 Å². The summed E-state index contributed by atoms with van der Waals surface area (Å²) in [6.07, 6.45) is 0.865. The third-order valence-electron chi connectivity index (χ3n) is 4.91. The summed E-state index contributed by atoms with van der Waals surface area (Å²) in [5, 5.41) is 16.3. The topological polar surface area (TPSA) is 142 Å². The minimum Gasteiger partial charge on any atom is -0.466 e. The van der Waals surface area contributed by atoms with Gasteiger partial charge in [0.15, 0.2) is 0 Å². The van der Waals surface area contributed by atoms with Crippen LogP contribution in [0.15, 0.2) is 36.4 Å². The third-order valence-corrected chi connectivity index (χ3v) is 4.91. The van der Waals surface area contributed by atoms with E-state index < -0.39 is 0 Å². The average Bonchev–Trinajstić information content (AvgIpc) is 3.04. The van der Waals surface area contributed by atoms with Gasteiger partial charge in [0, 0.05) is 27.6 Å². The first kappa shape index (κ1) is 20.1. The van der Waals surface area contributed by atoms with Crippen molar-refractivity contribution in [1.29, 1.82) is 10.8 Å². The third kappa shape index (κ3) is 3.99. The number of nitrogen functional groups attached to an aromatic ring is 2. The fraction of sp³-hybridized carbons (Fsp3) is 0.227. The van der Waals surface area contributed by atoms with Gasteiger partial charge in [-0.2, -0.15) is 0 Å². The maximum atomic E-state index is 12.3. The van der Waals surface area contributed by atoms with Gasteiger partial charge in [0.05, 0.1) is 18.7 Å². The van der Waals surface area contributed by atoms with Gasteiger partial charge in [-0.15, -0.1) is 0 Å². The first-order valence-electron chi connectivity index (χ1n) is 9.48. The highest BCUT2D eigenvalue weighted by atomic mass is 16.5. The molecule has 1 aromatic heterocycles. The van der Waals surface area contributed by atoms with Gasteiger partial charge < -0.3 is 21.2 Å². The molecule has 0 aliphatic rings. The predicted molar refractivity (Wildman–Crippen MR) is 115 cm³/mol. The smallest absolute Gasteiger partial charge is 0.310 e. The number of amidine groups is 2. The Kier molecular flexibility index (Phi) is 5.68. The van der Waals surface area contributed by atoms with Crippen LogP contribution in [-0.4, -0.2) is 29.2 Å². The molecule has 0 atom stereocenters. The number of aromatic amines is 1. The Hall–Kier alpha value is -3.61. The maximum absolute atomic E-state index is 12.3. The van der Waals surface area contributed by atoms with Crippen molar-refractivity contribution >= 4 is 28.5 Å². The van der Waals surface area contributed by atoms with E-state index in [-0.39, 0.29) is 24.1 Å². The summed E-state index contributed by atoms with van der Waals surface area (Å²) in [5.41, 5.74) is 17.0. The van der Waals surface area contributed by atoms with Crippen LogP contribution in [0, 0.1) is 10.8 Å². The fourth-order valence-electron chi connectivity index (χ4n) is 3.49. The molecule has 3 rings (SSSR count). The Morgan fingerprint density at radius 1 is 1.03 bits per heavy atom. The highest BCUT2D eigenvalue weighted by Gasteiger charge is 2.19. The van der Waals surface area contributed by atoms with E-state index in [1.54, 1.807) is 19.1 Å². The molecule has 0 radical (unpaired) electrons. The SMILES string of the molecule is CCOC(=O)Cc1c(-c2ccc(C(=N)N)cc2CC)[nH]c2cc(C(=N)N)ccc12. The summed E-state index contributed by atoms with van der Waals surface area (Å²) >= 11 is 0. The quantitative estimate of drug-likeness (QED) is 0.240. The van der Waals surface area contributed by atoms with Crippen LogP contribution in [0.5, 0.6) is 0 Å². The van der Waals surface area contributed by atoms with Gasteiger partial charge >= 0.3 is 5.97 Å². The summed E-state index contributed by atoms with van der Waals surface area (Å²) < 4.78 is 5.17. The van der Waals surface area contributed by atoms with E-state index >= 15 is 0 Å². The largest absolute Gasteiger partial charge is 0.466 e. The molecule has 7 N–H and O–H groups in total. The van der Waals surface area contributed by atoms with Crippen LogP contribution in [-0.2, 0) is 22.4 Å².